The number of rotatable bonds is 11. The molecular formula is C23H21ClN4O5S2. The third-order valence-corrected chi connectivity index (χ3v) is 5.97. The second-order valence-electron chi connectivity index (χ2n) is 6.59. The van der Waals surface area contributed by atoms with Crippen molar-refractivity contribution in [1.29, 1.82) is 5.26 Å². The molecule has 35 heavy (non-hydrogen) atoms. The van der Waals surface area contributed by atoms with Crippen molar-refractivity contribution < 1.29 is 23.7 Å². The number of amides is 1. The maximum Gasteiger partial charge on any atom is 0.268 e. The van der Waals surface area contributed by atoms with Crippen LogP contribution >= 0.6 is 34.9 Å². The highest BCUT2D eigenvalue weighted by Gasteiger charge is 2.16. The lowest BCUT2D eigenvalue weighted by Gasteiger charge is -2.14. The monoisotopic (exact) mass is 532 g/mol. The number of nitrogens with zero attached hydrogens (tertiary/aromatic N) is 3. The van der Waals surface area contributed by atoms with E-state index in [0.29, 0.717) is 38.8 Å². The highest BCUT2D eigenvalue weighted by molar-refractivity contribution is 7.98. The van der Waals surface area contributed by atoms with Gasteiger partial charge in [-0.1, -0.05) is 35.5 Å². The van der Waals surface area contributed by atoms with Crippen molar-refractivity contribution in [3.8, 4) is 29.1 Å². The lowest BCUT2D eigenvalue weighted by atomic mass is 10.1. The molecule has 2 aromatic carbocycles. The number of carbonyl (C=O) groups excluding carboxylic acids is 1. The van der Waals surface area contributed by atoms with Crippen LogP contribution in [0.1, 0.15) is 5.56 Å². The van der Waals surface area contributed by atoms with Crippen molar-refractivity contribution in [1.82, 2.24) is 9.36 Å². The number of halogens is 1. The minimum absolute atomic E-state index is 0.136. The molecule has 182 valence electrons. The Balaban J connectivity index is 1.69. The summed E-state index contributed by atoms with van der Waals surface area (Å²) in [5.41, 5.74) is 0.348. The fraction of sp³-hybridized carbons (Fsp3) is 0.217. The molecule has 3 aromatic rings. The molecule has 0 saturated heterocycles. The predicted molar refractivity (Wildman–Crippen MR) is 136 cm³/mol. The summed E-state index contributed by atoms with van der Waals surface area (Å²) in [5, 5.41) is 13.1. The number of thioether (sulfide) groups is 1. The number of carbonyl (C=O) groups is 1. The molecule has 12 heteroatoms. The van der Waals surface area contributed by atoms with Crippen LogP contribution in [0.3, 0.4) is 0 Å². The summed E-state index contributed by atoms with van der Waals surface area (Å²) in [6.45, 7) is 0.430. The number of hydrogen-bond donors (Lipinski definition) is 1. The molecular weight excluding hydrogens is 512 g/mol. The van der Waals surface area contributed by atoms with Gasteiger partial charge >= 0.3 is 0 Å². The zero-order chi connectivity index (χ0) is 25.2. The second-order valence-corrected chi connectivity index (χ2v) is 8.52. The Morgan fingerprint density at radius 3 is 2.54 bits per heavy atom. The van der Waals surface area contributed by atoms with Gasteiger partial charge in [0.05, 0.1) is 19.2 Å². The SMILES string of the molecule is COc1ccccc1OCCOc1c(Cl)cc(C=C(C#N)C(=O)Nc2nc(SC)ns2)cc1OC. The van der Waals surface area contributed by atoms with E-state index >= 15 is 0 Å². The van der Waals surface area contributed by atoms with Gasteiger partial charge < -0.3 is 18.9 Å². The van der Waals surface area contributed by atoms with Gasteiger partial charge in [-0.3, -0.25) is 10.1 Å². The van der Waals surface area contributed by atoms with E-state index < -0.39 is 5.91 Å². The zero-order valence-electron chi connectivity index (χ0n) is 19.0. The summed E-state index contributed by atoms with van der Waals surface area (Å²) in [5.74, 6) is 1.26. The Bertz CT molecular complexity index is 1260. The predicted octanol–water partition coefficient (Wildman–Crippen LogP) is 4.93. The van der Waals surface area contributed by atoms with Crippen LogP contribution in [0, 0.1) is 11.3 Å². The van der Waals surface area contributed by atoms with Crippen molar-refractivity contribution in [3.63, 3.8) is 0 Å². The first kappa shape index (κ1) is 26.2. The number of hydrogen-bond acceptors (Lipinski definition) is 10. The normalized spacial score (nSPS) is 10.9. The first-order valence-electron chi connectivity index (χ1n) is 10.1. The first-order valence-corrected chi connectivity index (χ1v) is 12.4. The largest absolute Gasteiger partial charge is 0.493 e. The number of anilines is 1. The molecule has 0 radical (unpaired) electrons. The van der Waals surface area contributed by atoms with Crippen molar-refractivity contribution in [3.05, 3.63) is 52.6 Å². The van der Waals surface area contributed by atoms with Gasteiger partial charge in [0, 0.05) is 11.5 Å². The fourth-order valence-corrected chi connectivity index (χ4v) is 4.21. The van der Waals surface area contributed by atoms with E-state index in [0.717, 1.165) is 11.5 Å². The minimum Gasteiger partial charge on any atom is -0.493 e. The average molecular weight is 533 g/mol. The Morgan fingerprint density at radius 2 is 1.89 bits per heavy atom. The summed E-state index contributed by atoms with van der Waals surface area (Å²) in [6, 6.07) is 12.4. The average Bonchev–Trinajstić information content (AvgIpc) is 3.33. The Hall–Kier alpha value is -3.46. The van der Waals surface area contributed by atoms with Gasteiger partial charge in [-0.15, -0.1) is 0 Å². The molecule has 0 aliphatic rings. The van der Waals surface area contributed by atoms with Crippen LogP contribution in [0.4, 0.5) is 5.13 Å². The van der Waals surface area contributed by atoms with Crippen LogP contribution in [-0.4, -0.2) is 49.0 Å². The van der Waals surface area contributed by atoms with Crippen LogP contribution in [0.2, 0.25) is 5.02 Å². The van der Waals surface area contributed by atoms with Crippen LogP contribution in [0.5, 0.6) is 23.0 Å². The lowest BCUT2D eigenvalue weighted by molar-refractivity contribution is -0.112. The van der Waals surface area contributed by atoms with Crippen LogP contribution < -0.4 is 24.3 Å². The van der Waals surface area contributed by atoms with Crippen molar-refractivity contribution in [2.45, 2.75) is 5.16 Å². The Labute approximate surface area is 215 Å². The number of nitrogens with one attached hydrogen (secondary N) is 1. The fourth-order valence-electron chi connectivity index (χ4n) is 2.82. The molecule has 9 nitrogen and oxygen atoms in total. The van der Waals surface area contributed by atoms with E-state index in [1.165, 1.54) is 24.9 Å². The Morgan fingerprint density at radius 1 is 1.17 bits per heavy atom. The summed E-state index contributed by atoms with van der Waals surface area (Å²) in [6.07, 6.45) is 3.22. The number of methoxy groups -OCH3 is 2. The van der Waals surface area contributed by atoms with Crippen molar-refractivity contribution in [2.24, 2.45) is 0 Å². The van der Waals surface area contributed by atoms with E-state index in [2.05, 4.69) is 14.7 Å². The van der Waals surface area contributed by atoms with E-state index in [4.69, 9.17) is 30.5 Å². The number of para-hydroxylation sites is 2. The molecule has 0 atom stereocenters. The molecule has 0 fully saturated rings. The topological polar surface area (TPSA) is 116 Å². The molecule has 0 saturated carbocycles. The van der Waals surface area contributed by atoms with E-state index in [9.17, 15) is 10.1 Å². The second kappa shape index (κ2) is 12.9. The van der Waals surface area contributed by atoms with Crippen LogP contribution in [0.15, 0.2) is 47.1 Å². The van der Waals surface area contributed by atoms with Gasteiger partial charge in [0.25, 0.3) is 5.91 Å². The summed E-state index contributed by atoms with van der Waals surface area (Å²) >= 11 is 8.80. The molecule has 0 spiro atoms. The van der Waals surface area contributed by atoms with Gasteiger partial charge in [-0.25, -0.2) is 0 Å². The maximum absolute atomic E-state index is 12.5. The molecule has 0 aliphatic heterocycles. The van der Waals surface area contributed by atoms with Gasteiger partial charge in [-0.05, 0) is 42.2 Å². The first-order chi connectivity index (χ1) is 17.0. The molecule has 0 unspecified atom stereocenters. The van der Waals surface area contributed by atoms with Gasteiger partial charge in [0.2, 0.25) is 10.3 Å². The summed E-state index contributed by atoms with van der Waals surface area (Å²) in [4.78, 5) is 16.6. The number of nitriles is 1. The molecule has 1 amide bonds. The van der Waals surface area contributed by atoms with Crippen LogP contribution in [-0.2, 0) is 4.79 Å². The van der Waals surface area contributed by atoms with Gasteiger partial charge in [0.1, 0.15) is 24.9 Å². The summed E-state index contributed by atoms with van der Waals surface area (Å²) < 4.78 is 26.2. The van der Waals surface area contributed by atoms with E-state index in [1.807, 2.05) is 24.5 Å². The van der Waals surface area contributed by atoms with E-state index in [1.54, 1.807) is 31.4 Å². The highest BCUT2D eigenvalue weighted by atomic mass is 35.5. The number of aromatic nitrogens is 2. The molecule has 1 aromatic heterocycles. The standard InChI is InChI=1S/C23H21ClN4O5S2/c1-30-17-6-4-5-7-18(17)32-8-9-33-20-16(24)11-14(12-19(20)31-2)10-15(13-25)21(29)26-22-27-23(34-3)28-35-22/h4-7,10-12H,8-9H2,1-3H3,(H,26,27,28,29). The summed E-state index contributed by atoms with van der Waals surface area (Å²) in [7, 11) is 3.03. The number of benzene rings is 2. The van der Waals surface area contributed by atoms with Crippen LogP contribution in [0.25, 0.3) is 6.08 Å². The van der Waals surface area contributed by atoms with Crippen molar-refractivity contribution >= 4 is 52.0 Å². The lowest BCUT2D eigenvalue weighted by Crippen LogP contribution is -2.13. The zero-order valence-corrected chi connectivity index (χ0v) is 21.4. The van der Waals surface area contributed by atoms with Crippen molar-refractivity contribution in [2.75, 3.05) is 39.0 Å². The third kappa shape index (κ3) is 7.02. The van der Waals surface area contributed by atoms with Gasteiger partial charge in [-0.2, -0.15) is 14.6 Å². The number of ether oxygens (including phenoxy) is 4. The quantitative estimate of drug-likeness (QED) is 0.159. The van der Waals surface area contributed by atoms with Gasteiger partial charge in [0.15, 0.2) is 23.0 Å². The third-order valence-electron chi connectivity index (χ3n) is 4.39. The molecule has 1 heterocycles. The van der Waals surface area contributed by atoms with E-state index in [-0.39, 0.29) is 23.8 Å². The minimum atomic E-state index is -0.611. The molecule has 1 N–H and O–H groups in total. The molecule has 0 aliphatic carbocycles. The molecule has 3 rings (SSSR count). The maximum atomic E-state index is 12.5. The highest BCUT2D eigenvalue weighted by Crippen LogP contribution is 2.37. The molecule has 0 bridgehead atoms. The smallest absolute Gasteiger partial charge is 0.268 e. The Kier molecular flexibility index (Phi) is 9.60.